The third kappa shape index (κ3) is 6.17. The summed E-state index contributed by atoms with van der Waals surface area (Å²) in [5.41, 5.74) is 1.08. The molecule has 0 spiro atoms. The molecule has 100 valence electrons. The second-order valence-corrected chi connectivity index (χ2v) is 6.20. The van der Waals surface area contributed by atoms with Crippen molar-refractivity contribution in [2.75, 3.05) is 13.1 Å². The van der Waals surface area contributed by atoms with Gasteiger partial charge < -0.3 is 10.4 Å². The third-order valence-electron chi connectivity index (χ3n) is 2.74. The molecule has 0 aliphatic carbocycles. The van der Waals surface area contributed by atoms with E-state index < -0.39 is 5.97 Å². The van der Waals surface area contributed by atoms with Gasteiger partial charge in [-0.15, -0.1) is 0 Å². The van der Waals surface area contributed by atoms with Crippen molar-refractivity contribution in [2.24, 2.45) is 5.41 Å². The van der Waals surface area contributed by atoms with E-state index in [-0.39, 0.29) is 11.8 Å². The number of hydrogen-bond acceptors (Lipinski definition) is 2. The fourth-order valence-electron chi connectivity index (χ4n) is 1.78. The molecule has 0 radical (unpaired) electrons. The number of carboxylic acids is 1. The molecule has 4 heteroatoms. The molecular formula is C14H20BrNO2. The normalized spacial score (nSPS) is 11.5. The lowest BCUT2D eigenvalue weighted by molar-refractivity contribution is -0.139. The molecule has 0 amide bonds. The molecule has 0 heterocycles. The van der Waals surface area contributed by atoms with E-state index in [0.29, 0.717) is 0 Å². The van der Waals surface area contributed by atoms with Crippen molar-refractivity contribution in [3.63, 3.8) is 0 Å². The molecule has 0 fully saturated rings. The number of benzene rings is 1. The van der Waals surface area contributed by atoms with Gasteiger partial charge in [0.25, 0.3) is 0 Å². The highest BCUT2D eigenvalue weighted by atomic mass is 79.9. The standard InChI is InChI=1S/C14H20BrNO2/c1-14(2,9-13(17)18)10-16-8-7-11-3-5-12(15)6-4-11/h3-6,16H,7-10H2,1-2H3,(H,17,18). The Bertz CT molecular complexity index is 387. The molecule has 0 aromatic heterocycles. The van der Waals surface area contributed by atoms with Crippen LogP contribution in [0.4, 0.5) is 0 Å². The summed E-state index contributed by atoms with van der Waals surface area (Å²) in [5, 5.41) is 12.1. The predicted molar refractivity (Wildman–Crippen MR) is 76.7 cm³/mol. The van der Waals surface area contributed by atoms with Gasteiger partial charge in [0.2, 0.25) is 0 Å². The highest BCUT2D eigenvalue weighted by Gasteiger charge is 2.20. The molecule has 0 unspecified atom stereocenters. The van der Waals surface area contributed by atoms with E-state index >= 15 is 0 Å². The summed E-state index contributed by atoms with van der Waals surface area (Å²) in [6.07, 6.45) is 1.15. The molecule has 2 N–H and O–H groups in total. The van der Waals surface area contributed by atoms with Crippen LogP contribution in [0.1, 0.15) is 25.8 Å². The molecule has 1 aromatic rings. The molecular weight excluding hydrogens is 294 g/mol. The largest absolute Gasteiger partial charge is 0.481 e. The van der Waals surface area contributed by atoms with Crippen LogP contribution in [0.3, 0.4) is 0 Å². The average Bonchev–Trinajstić information content (AvgIpc) is 2.25. The quantitative estimate of drug-likeness (QED) is 0.761. The smallest absolute Gasteiger partial charge is 0.303 e. The summed E-state index contributed by atoms with van der Waals surface area (Å²) in [6.45, 7) is 5.52. The Morgan fingerprint density at radius 1 is 1.33 bits per heavy atom. The van der Waals surface area contributed by atoms with Gasteiger partial charge in [-0.3, -0.25) is 4.79 Å². The number of halogens is 1. The van der Waals surface area contributed by atoms with Gasteiger partial charge in [-0.25, -0.2) is 0 Å². The van der Waals surface area contributed by atoms with Gasteiger partial charge in [0.05, 0.1) is 6.42 Å². The summed E-state index contributed by atoms with van der Waals surface area (Å²) in [7, 11) is 0. The highest BCUT2D eigenvalue weighted by Crippen LogP contribution is 2.18. The fraction of sp³-hybridized carbons (Fsp3) is 0.500. The van der Waals surface area contributed by atoms with Gasteiger partial charge in [0.15, 0.2) is 0 Å². The number of carboxylic acid groups (broad SMARTS) is 1. The Labute approximate surface area is 117 Å². The number of rotatable bonds is 7. The van der Waals surface area contributed by atoms with Gasteiger partial charge in [-0.1, -0.05) is 41.9 Å². The van der Waals surface area contributed by atoms with Crippen LogP contribution in [-0.2, 0) is 11.2 Å². The average molecular weight is 314 g/mol. The molecule has 1 aromatic carbocycles. The fourth-order valence-corrected chi connectivity index (χ4v) is 2.05. The van der Waals surface area contributed by atoms with Crippen molar-refractivity contribution in [1.82, 2.24) is 5.32 Å². The molecule has 0 saturated heterocycles. The van der Waals surface area contributed by atoms with Gasteiger partial charge >= 0.3 is 5.97 Å². The van der Waals surface area contributed by atoms with Crippen LogP contribution in [0.15, 0.2) is 28.7 Å². The second kappa shape index (κ2) is 6.90. The first kappa shape index (κ1) is 15.2. The minimum atomic E-state index is -0.741. The van der Waals surface area contributed by atoms with E-state index in [4.69, 9.17) is 5.11 Å². The van der Waals surface area contributed by atoms with Crippen molar-refractivity contribution < 1.29 is 9.90 Å². The van der Waals surface area contributed by atoms with Crippen LogP contribution < -0.4 is 5.32 Å². The molecule has 0 aliphatic rings. The number of aliphatic carboxylic acids is 1. The highest BCUT2D eigenvalue weighted by molar-refractivity contribution is 9.10. The number of hydrogen-bond donors (Lipinski definition) is 2. The summed E-state index contributed by atoms with van der Waals surface area (Å²) >= 11 is 3.41. The van der Waals surface area contributed by atoms with E-state index in [9.17, 15) is 4.79 Å². The van der Waals surface area contributed by atoms with Crippen molar-refractivity contribution >= 4 is 21.9 Å². The Morgan fingerprint density at radius 3 is 2.50 bits per heavy atom. The minimum absolute atomic E-state index is 0.193. The monoisotopic (exact) mass is 313 g/mol. The van der Waals surface area contributed by atoms with Crippen molar-refractivity contribution in [1.29, 1.82) is 0 Å². The Balaban J connectivity index is 2.26. The van der Waals surface area contributed by atoms with E-state index in [1.165, 1.54) is 5.56 Å². The molecule has 0 bridgehead atoms. The summed E-state index contributed by atoms with van der Waals surface area (Å²) in [4.78, 5) is 10.7. The molecule has 1 rings (SSSR count). The van der Waals surface area contributed by atoms with E-state index in [1.54, 1.807) is 0 Å². The van der Waals surface area contributed by atoms with Crippen LogP contribution in [0, 0.1) is 5.41 Å². The first-order chi connectivity index (χ1) is 8.39. The zero-order chi connectivity index (χ0) is 13.6. The lowest BCUT2D eigenvalue weighted by atomic mass is 9.89. The molecule has 0 atom stereocenters. The molecule has 3 nitrogen and oxygen atoms in total. The maximum atomic E-state index is 10.7. The SMILES string of the molecule is CC(C)(CNCCc1ccc(Br)cc1)CC(=O)O. The van der Waals surface area contributed by atoms with Crippen molar-refractivity contribution in [3.8, 4) is 0 Å². The summed E-state index contributed by atoms with van der Waals surface area (Å²) in [6, 6.07) is 8.25. The number of carbonyl (C=O) groups is 1. The summed E-state index contributed by atoms with van der Waals surface area (Å²) in [5.74, 6) is -0.741. The Morgan fingerprint density at radius 2 is 1.94 bits per heavy atom. The van der Waals surface area contributed by atoms with E-state index in [2.05, 4.69) is 33.4 Å². The van der Waals surface area contributed by atoms with Crippen molar-refractivity contribution in [3.05, 3.63) is 34.3 Å². The van der Waals surface area contributed by atoms with Crippen LogP contribution >= 0.6 is 15.9 Å². The zero-order valence-corrected chi connectivity index (χ0v) is 12.5. The predicted octanol–water partition coefficient (Wildman–Crippen LogP) is 3.08. The minimum Gasteiger partial charge on any atom is -0.481 e. The second-order valence-electron chi connectivity index (χ2n) is 5.29. The van der Waals surface area contributed by atoms with Crippen LogP contribution in [0.2, 0.25) is 0 Å². The van der Waals surface area contributed by atoms with Gasteiger partial charge in [-0.2, -0.15) is 0 Å². The maximum Gasteiger partial charge on any atom is 0.303 e. The topological polar surface area (TPSA) is 49.3 Å². The zero-order valence-electron chi connectivity index (χ0n) is 10.9. The first-order valence-electron chi connectivity index (χ1n) is 6.06. The van der Waals surface area contributed by atoms with Crippen LogP contribution in [-0.4, -0.2) is 24.2 Å². The van der Waals surface area contributed by atoms with Gasteiger partial charge in [0, 0.05) is 11.0 Å². The molecule has 18 heavy (non-hydrogen) atoms. The van der Waals surface area contributed by atoms with Crippen LogP contribution in [0.5, 0.6) is 0 Å². The maximum absolute atomic E-state index is 10.7. The third-order valence-corrected chi connectivity index (χ3v) is 3.27. The van der Waals surface area contributed by atoms with Gasteiger partial charge in [0.1, 0.15) is 0 Å². The first-order valence-corrected chi connectivity index (χ1v) is 6.85. The molecule has 0 aliphatic heterocycles. The van der Waals surface area contributed by atoms with Crippen molar-refractivity contribution in [2.45, 2.75) is 26.7 Å². The summed E-state index contributed by atoms with van der Waals surface area (Å²) < 4.78 is 1.09. The van der Waals surface area contributed by atoms with E-state index in [0.717, 1.165) is 24.0 Å². The molecule has 0 saturated carbocycles. The number of nitrogens with one attached hydrogen (secondary N) is 1. The van der Waals surface area contributed by atoms with Crippen LogP contribution in [0.25, 0.3) is 0 Å². The Kier molecular flexibility index (Phi) is 5.82. The Hall–Kier alpha value is -0.870. The lowest BCUT2D eigenvalue weighted by Gasteiger charge is -2.22. The van der Waals surface area contributed by atoms with Gasteiger partial charge in [-0.05, 0) is 36.1 Å². The van der Waals surface area contributed by atoms with E-state index in [1.807, 2.05) is 26.0 Å². The lowest BCUT2D eigenvalue weighted by Crippen LogP contribution is -2.32.